The molecule has 7 heteroatoms. The average Bonchev–Trinajstić information content (AvgIpc) is 2.68. The molecule has 0 unspecified atom stereocenters. The summed E-state index contributed by atoms with van der Waals surface area (Å²) in [5.74, 6) is -1.16. The number of carbonyl (C=O) groups excluding carboxylic acids is 2. The molecule has 2 amide bonds. The Balaban J connectivity index is 1.56. The summed E-state index contributed by atoms with van der Waals surface area (Å²) in [6.07, 6.45) is 0.145. The minimum atomic E-state index is -1.02. The van der Waals surface area contributed by atoms with Crippen molar-refractivity contribution in [2.45, 2.75) is 6.42 Å². The Bertz CT molecular complexity index is 859. The minimum absolute atomic E-state index is 0.0730. The van der Waals surface area contributed by atoms with Crippen LogP contribution in [0, 0.1) is 0 Å². The van der Waals surface area contributed by atoms with Gasteiger partial charge in [0, 0.05) is 36.8 Å². The molecule has 2 aromatic rings. The summed E-state index contributed by atoms with van der Waals surface area (Å²) in [6.45, 7) is 1.83. The lowest BCUT2D eigenvalue weighted by molar-refractivity contribution is -0.131. The molecule has 27 heavy (non-hydrogen) atoms. The van der Waals surface area contributed by atoms with E-state index in [4.69, 9.17) is 16.7 Å². The molecule has 1 saturated heterocycles. The third-order valence-electron chi connectivity index (χ3n) is 4.54. The maximum absolute atomic E-state index is 12.5. The van der Waals surface area contributed by atoms with Crippen LogP contribution in [0.25, 0.3) is 0 Å². The molecular weight excluding hydrogens is 368 g/mol. The molecule has 140 valence electrons. The van der Waals surface area contributed by atoms with Gasteiger partial charge in [0.1, 0.15) is 0 Å². The number of hydrogen-bond acceptors (Lipinski definition) is 3. The first-order valence-corrected chi connectivity index (χ1v) is 8.96. The summed E-state index contributed by atoms with van der Waals surface area (Å²) in [6, 6.07) is 13.1. The van der Waals surface area contributed by atoms with E-state index in [1.54, 1.807) is 46.2 Å². The Morgan fingerprint density at radius 3 is 2.15 bits per heavy atom. The van der Waals surface area contributed by atoms with E-state index in [-0.39, 0.29) is 23.8 Å². The van der Waals surface area contributed by atoms with Gasteiger partial charge in [0.05, 0.1) is 12.0 Å². The maximum atomic E-state index is 12.5. The SMILES string of the molecule is O=C(O)c1cccc(CC(=O)N2CCN(C(=O)c3ccc(Cl)cc3)CC2)c1. The van der Waals surface area contributed by atoms with E-state index in [1.165, 1.54) is 12.1 Å². The summed E-state index contributed by atoms with van der Waals surface area (Å²) in [7, 11) is 0. The summed E-state index contributed by atoms with van der Waals surface area (Å²) in [4.78, 5) is 39.5. The van der Waals surface area contributed by atoms with Crippen molar-refractivity contribution < 1.29 is 19.5 Å². The molecule has 0 bridgehead atoms. The predicted molar refractivity (Wildman–Crippen MR) is 101 cm³/mol. The van der Waals surface area contributed by atoms with Gasteiger partial charge < -0.3 is 14.9 Å². The fourth-order valence-electron chi connectivity index (χ4n) is 3.03. The summed E-state index contributed by atoms with van der Waals surface area (Å²) >= 11 is 5.85. The number of carbonyl (C=O) groups is 3. The quantitative estimate of drug-likeness (QED) is 0.876. The predicted octanol–water partition coefficient (Wildman–Crippen LogP) is 2.57. The second kappa shape index (κ2) is 8.22. The molecule has 0 saturated carbocycles. The third kappa shape index (κ3) is 4.65. The van der Waals surface area contributed by atoms with Crippen LogP contribution < -0.4 is 0 Å². The highest BCUT2D eigenvalue weighted by Crippen LogP contribution is 2.14. The molecule has 0 radical (unpaired) electrons. The first-order chi connectivity index (χ1) is 12.9. The first-order valence-electron chi connectivity index (χ1n) is 8.59. The van der Waals surface area contributed by atoms with E-state index in [2.05, 4.69) is 0 Å². The van der Waals surface area contributed by atoms with Gasteiger partial charge in [-0.1, -0.05) is 23.7 Å². The van der Waals surface area contributed by atoms with Gasteiger partial charge in [-0.2, -0.15) is 0 Å². The lowest BCUT2D eigenvalue weighted by Crippen LogP contribution is -2.51. The van der Waals surface area contributed by atoms with Crippen LogP contribution in [0.1, 0.15) is 26.3 Å². The molecule has 1 aliphatic rings. The van der Waals surface area contributed by atoms with Gasteiger partial charge in [-0.3, -0.25) is 9.59 Å². The Labute approximate surface area is 162 Å². The number of carboxylic acid groups (broad SMARTS) is 1. The largest absolute Gasteiger partial charge is 0.478 e. The van der Waals surface area contributed by atoms with Crippen LogP contribution >= 0.6 is 11.6 Å². The van der Waals surface area contributed by atoms with E-state index >= 15 is 0 Å². The zero-order valence-electron chi connectivity index (χ0n) is 14.6. The normalized spacial score (nSPS) is 14.1. The summed E-state index contributed by atoms with van der Waals surface area (Å²) < 4.78 is 0. The van der Waals surface area contributed by atoms with Crippen LogP contribution in [0.5, 0.6) is 0 Å². The number of piperazine rings is 1. The minimum Gasteiger partial charge on any atom is -0.478 e. The van der Waals surface area contributed by atoms with Crippen molar-refractivity contribution in [1.82, 2.24) is 9.80 Å². The Morgan fingerprint density at radius 1 is 0.889 bits per heavy atom. The van der Waals surface area contributed by atoms with Crippen LogP contribution in [-0.2, 0) is 11.2 Å². The van der Waals surface area contributed by atoms with Crippen molar-refractivity contribution in [3.63, 3.8) is 0 Å². The van der Waals surface area contributed by atoms with Crippen molar-refractivity contribution in [2.75, 3.05) is 26.2 Å². The maximum Gasteiger partial charge on any atom is 0.335 e. The molecule has 1 fully saturated rings. The number of halogens is 1. The second-order valence-corrected chi connectivity index (χ2v) is 6.80. The van der Waals surface area contributed by atoms with Crippen molar-refractivity contribution in [3.05, 3.63) is 70.2 Å². The number of nitrogens with zero attached hydrogens (tertiary/aromatic N) is 2. The molecule has 0 aromatic heterocycles. The number of benzene rings is 2. The monoisotopic (exact) mass is 386 g/mol. The zero-order chi connectivity index (χ0) is 19.4. The molecule has 0 atom stereocenters. The van der Waals surface area contributed by atoms with E-state index in [1.807, 2.05) is 0 Å². The van der Waals surface area contributed by atoms with Gasteiger partial charge in [-0.25, -0.2) is 4.79 Å². The molecule has 0 aliphatic carbocycles. The van der Waals surface area contributed by atoms with Crippen molar-refractivity contribution in [3.8, 4) is 0 Å². The van der Waals surface area contributed by atoms with E-state index in [0.717, 1.165) is 0 Å². The fraction of sp³-hybridized carbons (Fsp3) is 0.250. The van der Waals surface area contributed by atoms with Crippen LogP contribution in [-0.4, -0.2) is 58.9 Å². The highest BCUT2D eigenvalue weighted by molar-refractivity contribution is 6.30. The van der Waals surface area contributed by atoms with E-state index in [0.29, 0.717) is 42.3 Å². The van der Waals surface area contributed by atoms with Crippen molar-refractivity contribution in [1.29, 1.82) is 0 Å². The molecule has 1 aliphatic heterocycles. The highest BCUT2D eigenvalue weighted by Gasteiger charge is 2.25. The number of rotatable bonds is 4. The smallest absolute Gasteiger partial charge is 0.335 e. The topological polar surface area (TPSA) is 77.9 Å². The Hall–Kier alpha value is -2.86. The second-order valence-electron chi connectivity index (χ2n) is 6.36. The molecule has 6 nitrogen and oxygen atoms in total. The van der Waals surface area contributed by atoms with Crippen molar-refractivity contribution >= 4 is 29.4 Å². The van der Waals surface area contributed by atoms with Gasteiger partial charge >= 0.3 is 5.97 Å². The Morgan fingerprint density at radius 2 is 1.52 bits per heavy atom. The molecule has 2 aromatic carbocycles. The first kappa shape index (κ1) is 18.9. The highest BCUT2D eigenvalue weighted by atomic mass is 35.5. The van der Waals surface area contributed by atoms with Gasteiger partial charge in [0.25, 0.3) is 5.91 Å². The van der Waals surface area contributed by atoms with E-state index in [9.17, 15) is 14.4 Å². The van der Waals surface area contributed by atoms with Gasteiger partial charge in [0.2, 0.25) is 5.91 Å². The number of amides is 2. The lowest BCUT2D eigenvalue weighted by atomic mass is 10.1. The van der Waals surface area contributed by atoms with Gasteiger partial charge in [-0.15, -0.1) is 0 Å². The molecular formula is C20H19ClN2O4. The lowest BCUT2D eigenvalue weighted by Gasteiger charge is -2.35. The molecule has 0 spiro atoms. The van der Waals surface area contributed by atoms with Gasteiger partial charge in [0.15, 0.2) is 0 Å². The van der Waals surface area contributed by atoms with Gasteiger partial charge in [-0.05, 0) is 42.0 Å². The Kier molecular flexibility index (Phi) is 5.76. The summed E-state index contributed by atoms with van der Waals surface area (Å²) in [5.41, 5.74) is 1.41. The zero-order valence-corrected chi connectivity index (χ0v) is 15.4. The average molecular weight is 387 g/mol. The van der Waals surface area contributed by atoms with Crippen LogP contribution in [0.4, 0.5) is 0 Å². The number of hydrogen-bond donors (Lipinski definition) is 1. The summed E-state index contributed by atoms with van der Waals surface area (Å²) in [5, 5.41) is 9.62. The molecule has 1 heterocycles. The molecule has 1 N–H and O–H groups in total. The molecule has 3 rings (SSSR count). The van der Waals surface area contributed by atoms with Crippen molar-refractivity contribution in [2.24, 2.45) is 0 Å². The number of carboxylic acids is 1. The third-order valence-corrected chi connectivity index (χ3v) is 4.79. The van der Waals surface area contributed by atoms with E-state index < -0.39 is 5.97 Å². The van der Waals surface area contributed by atoms with Crippen LogP contribution in [0.2, 0.25) is 5.02 Å². The number of aromatic carboxylic acids is 1. The fourth-order valence-corrected chi connectivity index (χ4v) is 3.16. The van der Waals surface area contributed by atoms with Crippen LogP contribution in [0.3, 0.4) is 0 Å². The van der Waals surface area contributed by atoms with Crippen LogP contribution in [0.15, 0.2) is 48.5 Å². The standard InChI is InChI=1S/C20H19ClN2O4/c21-17-6-4-15(5-7-17)19(25)23-10-8-22(9-11-23)18(24)13-14-2-1-3-16(12-14)20(26)27/h1-7,12H,8-11,13H2,(H,26,27).